The summed E-state index contributed by atoms with van der Waals surface area (Å²) in [6.45, 7) is 6.73. The van der Waals surface area contributed by atoms with Crippen LogP contribution in [-0.4, -0.2) is 19.2 Å². The Morgan fingerprint density at radius 2 is 2.16 bits per heavy atom. The molecule has 1 fully saturated rings. The predicted molar refractivity (Wildman–Crippen MR) is 78.7 cm³/mol. The summed E-state index contributed by atoms with van der Waals surface area (Å²) in [5.74, 6) is 2.80. The minimum absolute atomic E-state index is 0.729. The van der Waals surface area contributed by atoms with Gasteiger partial charge in [-0.1, -0.05) is 26.0 Å². The van der Waals surface area contributed by atoms with E-state index in [4.69, 9.17) is 4.74 Å². The van der Waals surface area contributed by atoms with Crippen molar-refractivity contribution in [1.29, 1.82) is 0 Å². The standard InChI is InChI=1S/C17H25NO/c1-12-3-5-16(13(12)2)18-9-7-14-4-6-17-15(11-14)8-10-19-17/h4,6,11-13,16,18H,3,5,7-10H2,1-2H3. The molecule has 0 amide bonds. The van der Waals surface area contributed by atoms with Gasteiger partial charge in [-0.2, -0.15) is 0 Å². The topological polar surface area (TPSA) is 21.3 Å². The van der Waals surface area contributed by atoms with E-state index in [9.17, 15) is 0 Å². The molecule has 1 aliphatic carbocycles. The first-order valence-corrected chi connectivity index (χ1v) is 7.72. The van der Waals surface area contributed by atoms with Crippen LogP contribution in [0, 0.1) is 11.8 Å². The van der Waals surface area contributed by atoms with Crippen LogP contribution in [0.4, 0.5) is 0 Å². The fourth-order valence-corrected chi connectivity index (χ4v) is 3.45. The molecule has 1 saturated carbocycles. The third kappa shape index (κ3) is 2.79. The van der Waals surface area contributed by atoms with Gasteiger partial charge in [0.2, 0.25) is 0 Å². The fourth-order valence-electron chi connectivity index (χ4n) is 3.45. The van der Waals surface area contributed by atoms with Crippen LogP contribution in [0.2, 0.25) is 0 Å². The van der Waals surface area contributed by atoms with Crippen molar-refractivity contribution in [2.75, 3.05) is 13.2 Å². The van der Waals surface area contributed by atoms with Gasteiger partial charge in [-0.15, -0.1) is 0 Å². The second-order valence-electron chi connectivity index (χ2n) is 6.26. The Morgan fingerprint density at radius 3 is 2.95 bits per heavy atom. The van der Waals surface area contributed by atoms with Crippen molar-refractivity contribution >= 4 is 0 Å². The van der Waals surface area contributed by atoms with Crippen LogP contribution >= 0.6 is 0 Å². The minimum atomic E-state index is 0.729. The van der Waals surface area contributed by atoms with Gasteiger partial charge in [0.1, 0.15) is 5.75 Å². The van der Waals surface area contributed by atoms with E-state index in [0.29, 0.717) is 0 Å². The highest BCUT2D eigenvalue weighted by molar-refractivity contribution is 5.39. The van der Waals surface area contributed by atoms with Gasteiger partial charge in [0.25, 0.3) is 0 Å². The Kier molecular flexibility index (Phi) is 3.79. The maximum absolute atomic E-state index is 5.55. The molecular formula is C17H25NO. The minimum Gasteiger partial charge on any atom is -0.493 e. The van der Waals surface area contributed by atoms with Crippen molar-refractivity contribution in [2.24, 2.45) is 11.8 Å². The van der Waals surface area contributed by atoms with Crippen LogP contribution in [0.25, 0.3) is 0 Å². The first-order valence-electron chi connectivity index (χ1n) is 7.72. The Bertz CT molecular complexity index is 443. The molecule has 0 aromatic heterocycles. The van der Waals surface area contributed by atoms with Gasteiger partial charge in [-0.05, 0) is 54.8 Å². The molecule has 0 saturated heterocycles. The molecule has 1 heterocycles. The van der Waals surface area contributed by atoms with Crippen LogP contribution in [0.15, 0.2) is 18.2 Å². The number of rotatable bonds is 4. The number of hydrogen-bond acceptors (Lipinski definition) is 2. The zero-order valence-corrected chi connectivity index (χ0v) is 12.1. The summed E-state index contributed by atoms with van der Waals surface area (Å²) >= 11 is 0. The van der Waals surface area contributed by atoms with Crippen LogP contribution in [0.5, 0.6) is 5.75 Å². The SMILES string of the molecule is CC1CCC(NCCc2ccc3c(c2)CCO3)C1C. The smallest absolute Gasteiger partial charge is 0.122 e. The van der Waals surface area contributed by atoms with Gasteiger partial charge in [-0.25, -0.2) is 0 Å². The first kappa shape index (κ1) is 13.0. The molecule has 19 heavy (non-hydrogen) atoms. The molecule has 1 aromatic carbocycles. The monoisotopic (exact) mass is 259 g/mol. The van der Waals surface area contributed by atoms with Crippen molar-refractivity contribution in [2.45, 2.75) is 45.6 Å². The molecule has 3 unspecified atom stereocenters. The lowest BCUT2D eigenvalue weighted by Crippen LogP contribution is -2.33. The molecule has 1 N–H and O–H groups in total. The molecule has 0 bridgehead atoms. The number of ether oxygens (including phenoxy) is 1. The summed E-state index contributed by atoms with van der Waals surface area (Å²) in [5, 5.41) is 3.75. The van der Waals surface area contributed by atoms with Gasteiger partial charge >= 0.3 is 0 Å². The van der Waals surface area contributed by atoms with Crippen molar-refractivity contribution in [1.82, 2.24) is 5.32 Å². The highest BCUT2D eigenvalue weighted by Gasteiger charge is 2.28. The lowest BCUT2D eigenvalue weighted by atomic mass is 9.97. The molecule has 2 nitrogen and oxygen atoms in total. The Balaban J connectivity index is 1.50. The molecular weight excluding hydrogens is 234 g/mol. The van der Waals surface area contributed by atoms with E-state index >= 15 is 0 Å². The molecule has 3 rings (SSSR count). The second kappa shape index (κ2) is 5.54. The van der Waals surface area contributed by atoms with Gasteiger partial charge in [-0.3, -0.25) is 0 Å². The lowest BCUT2D eigenvalue weighted by molar-refractivity contribution is 0.356. The normalized spacial score (nSPS) is 29.3. The molecule has 0 spiro atoms. The summed E-state index contributed by atoms with van der Waals surface area (Å²) in [4.78, 5) is 0. The van der Waals surface area contributed by atoms with Crippen molar-refractivity contribution in [3.63, 3.8) is 0 Å². The lowest BCUT2D eigenvalue weighted by Gasteiger charge is -2.19. The molecule has 3 atom stereocenters. The average molecular weight is 259 g/mol. The van der Waals surface area contributed by atoms with Crippen molar-refractivity contribution < 1.29 is 4.74 Å². The van der Waals surface area contributed by atoms with Crippen LogP contribution in [-0.2, 0) is 12.8 Å². The molecule has 0 radical (unpaired) electrons. The summed E-state index contributed by atoms with van der Waals surface area (Å²) in [5.41, 5.74) is 2.83. The Hall–Kier alpha value is -1.02. The van der Waals surface area contributed by atoms with Gasteiger partial charge < -0.3 is 10.1 Å². The van der Waals surface area contributed by atoms with E-state index < -0.39 is 0 Å². The number of fused-ring (bicyclic) bond motifs is 1. The average Bonchev–Trinajstić information content (AvgIpc) is 2.99. The highest BCUT2D eigenvalue weighted by atomic mass is 16.5. The predicted octanol–water partition coefficient (Wildman–Crippen LogP) is 3.19. The molecule has 2 heteroatoms. The van der Waals surface area contributed by atoms with E-state index in [1.54, 1.807) is 0 Å². The Morgan fingerprint density at radius 1 is 1.26 bits per heavy atom. The third-order valence-corrected chi connectivity index (χ3v) is 5.04. The van der Waals surface area contributed by atoms with Crippen molar-refractivity contribution in [3.05, 3.63) is 29.3 Å². The molecule has 2 aliphatic rings. The summed E-state index contributed by atoms with van der Waals surface area (Å²) < 4.78 is 5.55. The number of hydrogen-bond donors (Lipinski definition) is 1. The maximum Gasteiger partial charge on any atom is 0.122 e. The van der Waals surface area contributed by atoms with Gasteiger partial charge in [0.15, 0.2) is 0 Å². The molecule has 1 aromatic rings. The zero-order chi connectivity index (χ0) is 13.2. The quantitative estimate of drug-likeness (QED) is 0.896. The number of benzene rings is 1. The van der Waals surface area contributed by atoms with Crippen LogP contribution < -0.4 is 10.1 Å². The first-order chi connectivity index (χ1) is 9.24. The maximum atomic E-state index is 5.55. The van der Waals surface area contributed by atoms with Crippen LogP contribution in [0.3, 0.4) is 0 Å². The van der Waals surface area contributed by atoms with E-state index in [1.165, 1.54) is 24.0 Å². The van der Waals surface area contributed by atoms with Gasteiger partial charge in [0.05, 0.1) is 6.61 Å². The van der Waals surface area contributed by atoms with Gasteiger partial charge in [0, 0.05) is 12.5 Å². The van der Waals surface area contributed by atoms with E-state index in [1.807, 2.05) is 0 Å². The van der Waals surface area contributed by atoms with Crippen LogP contribution in [0.1, 0.15) is 37.8 Å². The molecule has 104 valence electrons. The Labute approximate surface area is 116 Å². The fraction of sp³-hybridized carbons (Fsp3) is 0.647. The summed E-state index contributed by atoms with van der Waals surface area (Å²) in [6, 6.07) is 7.41. The van der Waals surface area contributed by atoms with E-state index in [2.05, 4.69) is 37.4 Å². The van der Waals surface area contributed by atoms with Crippen molar-refractivity contribution in [3.8, 4) is 5.75 Å². The zero-order valence-electron chi connectivity index (χ0n) is 12.1. The summed E-state index contributed by atoms with van der Waals surface area (Å²) in [7, 11) is 0. The highest BCUT2D eigenvalue weighted by Crippen LogP contribution is 2.31. The van der Waals surface area contributed by atoms with E-state index in [-0.39, 0.29) is 0 Å². The second-order valence-corrected chi connectivity index (χ2v) is 6.26. The van der Waals surface area contributed by atoms with E-state index in [0.717, 1.165) is 49.6 Å². The number of nitrogens with one attached hydrogen (secondary N) is 1. The summed E-state index contributed by atoms with van der Waals surface area (Å²) in [6.07, 6.45) is 4.94. The molecule has 1 aliphatic heterocycles. The largest absolute Gasteiger partial charge is 0.493 e. The third-order valence-electron chi connectivity index (χ3n) is 5.04.